The van der Waals surface area contributed by atoms with E-state index in [1.54, 1.807) is 18.9 Å². The fourth-order valence-electron chi connectivity index (χ4n) is 4.48. The molecule has 1 aliphatic carbocycles. The maximum Gasteiger partial charge on any atom is 0.309 e. The number of carbonyl (C=O) groups is 4. The number of likely N-dealkylation sites (tertiary alicyclic amines) is 1. The molecule has 1 aromatic rings. The van der Waals surface area contributed by atoms with Crippen molar-refractivity contribution < 1.29 is 23.9 Å². The first-order valence-corrected chi connectivity index (χ1v) is 11.7. The van der Waals surface area contributed by atoms with Gasteiger partial charge in [0.25, 0.3) is 0 Å². The second-order valence-electron chi connectivity index (χ2n) is 8.77. The molecule has 7 heteroatoms. The number of aryl methyl sites for hydroxylation is 2. The Hall–Kier alpha value is -2.70. The van der Waals surface area contributed by atoms with Gasteiger partial charge in [0.2, 0.25) is 11.8 Å². The Bertz CT molecular complexity index is 858. The molecule has 0 bridgehead atoms. The Labute approximate surface area is 190 Å². The second kappa shape index (κ2) is 11.2. The van der Waals surface area contributed by atoms with E-state index in [2.05, 4.69) is 0 Å². The Morgan fingerprint density at radius 3 is 2.41 bits per heavy atom. The molecule has 0 aromatic heterocycles. The van der Waals surface area contributed by atoms with Crippen LogP contribution in [0.4, 0.5) is 0 Å². The molecule has 32 heavy (non-hydrogen) atoms. The van der Waals surface area contributed by atoms with E-state index in [1.165, 1.54) is 22.4 Å². The van der Waals surface area contributed by atoms with Crippen molar-refractivity contribution in [2.45, 2.75) is 58.3 Å². The number of nitrogens with zero attached hydrogens (tertiary/aromatic N) is 2. The number of hydrogen-bond donors (Lipinski definition) is 0. The zero-order valence-corrected chi connectivity index (χ0v) is 19.2. The Balaban J connectivity index is 1.42. The van der Waals surface area contributed by atoms with Crippen LogP contribution in [0.3, 0.4) is 0 Å². The smallest absolute Gasteiger partial charge is 0.309 e. The van der Waals surface area contributed by atoms with Crippen molar-refractivity contribution in [3.63, 3.8) is 0 Å². The van der Waals surface area contributed by atoms with E-state index in [-0.39, 0.29) is 48.9 Å². The predicted octanol–water partition coefficient (Wildman–Crippen LogP) is 2.79. The van der Waals surface area contributed by atoms with Crippen molar-refractivity contribution in [1.82, 2.24) is 9.80 Å². The number of amides is 2. The highest BCUT2D eigenvalue weighted by Gasteiger charge is 2.29. The lowest BCUT2D eigenvalue weighted by Gasteiger charge is -2.32. The van der Waals surface area contributed by atoms with Crippen LogP contribution in [0.1, 0.15) is 66.9 Å². The highest BCUT2D eigenvalue weighted by atomic mass is 16.5. The summed E-state index contributed by atoms with van der Waals surface area (Å²) in [6, 6.07) is 5.89. The van der Waals surface area contributed by atoms with Crippen LogP contribution < -0.4 is 0 Å². The number of fused-ring (bicyclic) bond motifs is 1. The largest absolute Gasteiger partial charge is 0.466 e. The van der Waals surface area contributed by atoms with Crippen LogP contribution >= 0.6 is 0 Å². The molecular formula is C25H34N2O5. The topological polar surface area (TPSA) is 84.0 Å². The van der Waals surface area contributed by atoms with Gasteiger partial charge in [0.1, 0.15) is 0 Å². The minimum absolute atomic E-state index is 0.0179. The van der Waals surface area contributed by atoms with Gasteiger partial charge in [0.05, 0.1) is 19.1 Å². The summed E-state index contributed by atoms with van der Waals surface area (Å²) >= 11 is 0. The number of esters is 1. The minimum atomic E-state index is -0.217. The summed E-state index contributed by atoms with van der Waals surface area (Å²) in [5.41, 5.74) is 3.25. The van der Waals surface area contributed by atoms with Crippen molar-refractivity contribution in [3.8, 4) is 0 Å². The molecule has 1 aromatic carbocycles. The molecule has 174 valence electrons. The monoisotopic (exact) mass is 442 g/mol. The maximum atomic E-state index is 12.6. The molecule has 7 nitrogen and oxygen atoms in total. The fraction of sp³-hybridized carbons (Fsp3) is 0.600. The number of piperidine rings is 1. The maximum absolute atomic E-state index is 12.6. The average molecular weight is 443 g/mol. The predicted molar refractivity (Wildman–Crippen MR) is 120 cm³/mol. The SMILES string of the molecule is CCOC(=O)C1CCN(C(=O)CN(C)C(=O)CCC(=O)c2ccc3c(c2)CCCC3)CC1. The number of benzene rings is 1. The van der Waals surface area contributed by atoms with Crippen LogP contribution in [-0.4, -0.2) is 66.7 Å². The summed E-state index contributed by atoms with van der Waals surface area (Å²) in [6.07, 6.45) is 5.82. The van der Waals surface area contributed by atoms with Gasteiger partial charge < -0.3 is 14.5 Å². The first-order chi connectivity index (χ1) is 15.4. The number of Topliss-reactive ketones (excluding diaryl/α,β-unsaturated/α-hetero) is 1. The van der Waals surface area contributed by atoms with Crippen LogP contribution in [0, 0.1) is 5.92 Å². The van der Waals surface area contributed by atoms with Crippen molar-refractivity contribution in [1.29, 1.82) is 0 Å². The summed E-state index contributed by atoms with van der Waals surface area (Å²) in [6.45, 7) is 3.10. The molecule has 2 amide bonds. The number of hydrogen-bond acceptors (Lipinski definition) is 5. The van der Waals surface area contributed by atoms with Gasteiger partial charge in [0.15, 0.2) is 5.78 Å². The highest BCUT2D eigenvalue weighted by molar-refractivity contribution is 5.98. The van der Waals surface area contributed by atoms with E-state index in [4.69, 9.17) is 4.74 Å². The summed E-state index contributed by atoms with van der Waals surface area (Å²) in [5, 5.41) is 0. The summed E-state index contributed by atoms with van der Waals surface area (Å²) in [7, 11) is 1.59. The molecule has 1 saturated heterocycles. The van der Waals surface area contributed by atoms with E-state index >= 15 is 0 Å². The molecule has 3 rings (SSSR count). The molecule has 0 spiro atoms. The van der Waals surface area contributed by atoms with E-state index in [0.717, 1.165) is 19.3 Å². The van der Waals surface area contributed by atoms with Crippen LogP contribution in [-0.2, 0) is 32.0 Å². The molecule has 0 atom stereocenters. The van der Waals surface area contributed by atoms with Gasteiger partial charge in [0, 0.05) is 38.5 Å². The molecule has 1 heterocycles. The first kappa shape index (κ1) is 24.0. The van der Waals surface area contributed by atoms with Gasteiger partial charge in [-0.25, -0.2) is 0 Å². The third-order valence-corrected chi connectivity index (χ3v) is 6.50. The van der Waals surface area contributed by atoms with E-state index in [1.807, 2.05) is 18.2 Å². The van der Waals surface area contributed by atoms with E-state index in [0.29, 0.717) is 38.1 Å². The molecule has 0 unspecified atom stereocenters. The first-order valence-electron chi connectivity index (χ1n) is 11.7. The van der Waals surface area contributed by atoms with Crippen molar-refractivity contribution in [2.75, 3.05) is 33.3 Å². The van der Waals surface area contributed by atoms with E-state index < -0.39 is 0 Å². The normalized spacial score (nSPS) is 16.2. The summed E-state index contributed by atoms with van der Waals surface area (Å²) in [5.74, 6) is -0.744. The van der Waals surface area contributed by atoms with Crippen molar-refractivity contribution >= 4 is 23.6 Å². The molecule has 0 radical (unpaired) electrons. The number of likely N-dealkylation sites (N-methyl/N-ethyl adjacent to an activating group) is 1. The average Bonchev–Trinajstić information content (AvgIpc) is 2.82. The molecular weight excluding hydrogens is 408 g/mol. The third kappa shape index (κ3) is 6.17. The number of ketones is 1. The zero-order chi connectivity index (χ0) is 23.1. The molecule has 0 saturated carbocycles. The summed E-state index contributed by atoms with van der Waals surface area (Å²) in [4.78, 5) is 52.5. The second-order valence-corrected chi connectivity index (χ2v) is 8.77. The summed E-state index contributed by atoms with van der Waals surface area (Å²) < 4.78 is 5.06. The van der Waals surface area contributed by atoms with Gasteiger partial charge in [-0.2, -0.15) is 0 Å². The van der Waals surface area contributed by atoms with Crippen LogP contribution in [0.5, 0.6) is 0 Å². The zero-order valence-electron chi connectivity index (χ0n) is 19.2. The number of ether oxygens (including phenoxy) is 1. The third-order valence-electron chi connectivity index (χ3n) is 6.50. The molecule has 0 N–H and O–H groups in total. The lowest BCUT2D eigenvalue weighted by Crippen LogP contribution is -2.45. The van der Waals surface area contributed by atoms with Gasteiger partial charge in [-0.05, 0) is 62.6 Å². The quantitative estimate of drug-likeness (QED) is 0.457. The van der Waals surface area contributed by atoms with Gasteiger partial charge >= 0.3 is 5.97 Å². The van der Waals surface area contributed by atoms with Crippen molar-refractivity contribution in [3.05, 3.63) is 34.9 Å². The van der Waals surface area contributed by atoms with Crippen molar-refractivity contribution in [2.24, 2.45) is 5.92 Å². The Kier molecular flexibility index (Phi) is 8.42. The van der Waals surface area contributed by atoms with Crippen LogP contribution in [0.25, 0.3) is 0 Å². The highest BCUT2D eigenvalue weighted by Crippen LogP contribution is 2.23. The van der Waals surface area contributed by atoms with Gasteiger partial charge in [-0.3, -0.25) is 19.2 Å². The molecule has 1 aliphatic heterocycles. The van der Waals surface area contributed by atoms with Crippen LogP contribution in [0.15, 0.2) is 18.2 Å². The van der Waals surface area contributed by atoms with Gasteiger partial charge in [-0.15, -0.1) is 0 Å². The van der Waals surface area contributed by atoms with Gasteiger partial charge in [-0.1, -0.05) is 12.1 Å². The lowest BCUT2D eigenvalue weighted by molar-refractivity contribution is -0.151. The Morgan fingerprint density at radius 1 is 1.03 bits per heavy atom. The minimum Gasteiger partial charge on any atom is -0.466 e. The number of carbonyl (C=O) groups excluding carboxylic acids is 4. The van der Waals surface area contributed by atoms with Crippen LogP contribution in [0.2, 0.25) is 0 Å². The lowest BCUT2D eigenvalue weighted by atomic mass is 9.89. The van der Waals surface area contributed by atoms with E-state index in [9.17, 15) is 19.2 Å². The standard InChI is InChI=1S/C25H34N2O5/c1-3-32-25(31)19-12-14-27(15-13-19)24(30)17-26(2)23(29)11-10-22(28)21-9-8-18-6-4-5-7-20(18)16-21/h8-9,16,19H,3-7,10-15,17H2,1-2H3. The molecule has 1 fully saturated rings. The fourth-order valence-corrected chi connectivity index (χ4v) is 4.48. The Morgan fingerprint density at radius 2 is 1.72 bits per heavy atom. The number of rotatable bonds is 8. The molecule has 2 aliphatic rings.